The second-order valence-electron chi connectivity index (χ2n) is 8.77. The summed E-state index contributed by atoms with van der Waals surface area (Å²) in [7, 11) is 0. The molecule has 4 rings (SSSR count). The molecule has 3 nitrogen and oxygen atoms in total. The Morgan fingerprint density at radius 2 is 2.04 bits per heavy atom. The third kappa shape index (κ3) is 2.75. The summed E-state index contributed by atoms with van der Waals surface area (Å²) in [5.41, 5.74) is 1.75. The zero-order valence-electron chi connectivity index (χ0n) is 14.6. The number of fused-ring (bicyclic) bond motifs is 2. The van der Waals surface area contributed by atoms with Gasteiger partial charge in [-0.15, -0.1) is 0 Å². The summed E-state index contributed by atoms with van der Waals surface area (Å²) in [5, 5.41) is 0. The number of hydrogen-bond acceptors (Lipinski definition) is 3. The van der Waals surface area contributed by atoms with Crippen molar-refractivity contribution in [3.63, 3.8) is 0 Å². The molecule has 2 saturated carbocycles. The molecule has 0 unspecified atom stereocenters. The summed E-state index contributed by atoms with van der Waals surface area (Å²) in [4.78, 5) is 15.0. The molecule has 0 radical (unpaired) electrons. The van der Waals surface area contributed by atoms with Gasteiger partial charge in [-0.2, -0.15) is 0 Å². The normalized spacial score (nSPS) is 44.6. The highest BCUT2D eigenvalue weighted by molar-refractivity contribution is 5.75. The summed E-state index contributed by atoms with van der Waals surface area (Å²) >= 11 is 0. The quantitative estimate of drug-likeness (QED) is 0.573. The molecule has 23 heavy (non-hydrogen) atoms. The fourth-order valence-electron chi connectivity index (χ4n) is 5.88. The van der Waals surface area contributed by atoms with Crippen molar-refractivity contribution in [2.24, 2.45) is 23.2 Å². The molecule has 0 spiro atoms. The molecule has 0 bridgehead atoms. The van der Waals surface area contributed by atoms with Gasteiger partial charge in [0.15, 0.2) is 0 Å². The molecule has 0 aromatic carbocycles. The number of esters is 1. The Morgan fingerprint density at radius 1 is 1.26 bits per heavy atom. The fraction of sp³-hybridized carbons (Fsp3) is 0.850. The Balaban J connectivity index is 1.50. The maximum atomic E-state index is 12.5. The van der Waals surface area contributed by atoms with Crippen LogP contribution >= 0.6 is 0 Å². The Morgan fingerprint density at radius 3 is 2.83 bits per heavy atom. The maximum Gasteiger partial charge on any atom is 0.310 e. The van der Waals surface area contributed by atoms with Crippen LogP contribution in [-0.4, -0.2) is 36.6 Å². The molecule has 128 valence electrons. The van der Waals surface area contributed by atoms with Crippen LogP contribution in [-0.2, 0) is 9.53 Å². The largest absolute Gasteiger partial charge is 0.462 e. The number of rotatable bonds is 2. The molecule has 5 atom stereocenters. The number of piperidine rings is 1. The van der Waals surface area contributed by atoms with Gasteiger partial charge in [-0.25, -0.2) is 0 Å². The van der Waals surface area contributed by atoms with Gasteiger partial charge in [-0.05, 0) is 69.4 Å². The van der Waals surface area contributed by atoms with Crippen LogP contribution in [0.15, 0.2) is 12.2 Å². The van der Waals surface area contributed by atoms with Crippen molar-refractivity contribution in [1.29, 1.82) is 0 Å². The van der Waals surface area contributed by atoms with E-state index in [1.807, 2.05) is 0 Å². The first kappa shape index (κ1) is 15.7. The van der Waals surface area contributed by atoms with Gasteiger partial charge < -0.3 is 9.64 Å². The zero-order chi connectivity index (χ0) is 16.0. The fourth-order valence-corrected chi connectivity index (χ4v) is 5.88. The van der Waals surface area contributed by atoms with E-state index in [-0.39, 0.29) is 18.0 Å². The zero-order valence-corrected chi connectivity index (χ0v) is 14.6. The lowest BCUT2D eigenvalue weighted by Gasteiger charge is -2.50. The van der Waals surface area contributed by atoms with E-state index in [0.29, 0.717) is 17.3 Å². The van der Waals surface area contributed by atoms with E-state index in [1.165, 1.54) is 44.1 Å². The number of ether oxygens (including phenoxy) is 1. The lowest BCUT2D eigenvalue weighted by Crippen LogP contribution is -2.46. The predicted octanol–water partition coefficient (Wildman–Crippen LogP) is 3.79. The highest BCUT2D eigenvalue weighted by atomic mass is 16.6. The number of nitrogens with zero attached hydrogens (tertiary/aromatic N) is 1. The molecule has 4 aliphatic rings. The molecular formula is C20H31NO2. The smallest absolute Gasteiger partial charge is 0.310 e. The van der Waals surface area contributed by atoms with Gasteiger partial charge >= 0.3 is 5.97 Å². The molecule has 3 heteroatoms. The Hall–Kier alpha value is -0.830. The molecule has 2 aliphatic heterocycles. The topological polar surface area (TPSA) is 29.5 Å². The van der Waals surface area contributed by atoms with Crippen molar-refractivity contribution < 1.29 is 9.53 Å². The van der Waals surface area contributed by atoms with Gasteiger partial charge in [0.2, 0.25) is 0 Å². The van der Waals surface area contributed by atoms with Gasteiger partial charge in [-0.3, -0.25) is 4.79 Å². The Labute approximate surface area is 140 Å². The van der Waals surface area contributed by atoms with Crippen LogP contribution in [0, 0.1) is 23.2 Å². The van der Waals surface area contributed by atoms with Crippen molar-refractivity contribution in [2.75, 3.05) is 19.6 Å². The monoisotopic (exact) mass is 317 g/mol. The molecule has 0 aromatic rings. The molecule has 2 aliphatic carbocycles. The number of likely N-dealkylation sites (tertiary alicyclic amines) is 1. The second-order valence-corrected chi connectivity index (χ2v) is 8.77. The van der Waals surface area contributed by atoms with E-state index in [2.05, 4.69) is 18.4 Å². The summed E-state index contributed by atoms with van der Waals surface area (Å²) in [6, 6.07) is 0. The van der Waals surface area contributed by atoms with Gasteiger partial charge in [0.25, 0.3) is 0 Å². The summed E-state index contributed by atoms with van der Waals surface area (Å²) in [6.45, 7) is 10.0. The summed E-state index contributed by atoms with van der Waals surface area (Å²) < 4.78 is 5.87. The Bertz CT molecular complexity index is 496. The van der Waals surface area contributed by atoms with E-state index in [4.69, 9.17) is 4.74 Å². The number of carbonyl (C=O) groups excluding carboxylic acids is 1. The van der Waals surface area contributed by atoms with Crippen molar-refractivity contribution in [3.8, 4) is 0 Å². The van der Waals surface area contributed by atoms with Crippen molar-refractivity contribution in [3.05, 3.63) is 12.2 Å². The lowest BCUT2D eigenvalue weighted by molar-refractivity contribution is -0.146. The van der Waals surface area contributed by atoms with Crippen LogP contribution in [0.1, 0.15) is 58.3 Å². The molecule has 2 saturated heterocycles. The van der Waals surface area contributed by atoms with Crippen LogP contribution in [0.5, 0.6) is 0 Å². The highest BCUT2D eigenvalue weighted by Crippen LogP contribution is 2.56. The van der Waals surface area contributed by atoms with Gasteiger partial charge in [0.1, 0.15) is 6.10 Å². The minimum atomic E-state index is 0.0819. The summed E-state index contributed by atoms with van der Waals surface area (Å²) in [6.07, 6.45) is 9.99. The number of hydrogen-bond donors (Lipinski definition) is 0. The number of allylic oxidation sites excluding steroid dienone is 1. The van der Waals surface area contributed by atoms with Gasteiger partial charge in [0, 0.05) is 12.5 Å². The molecular weight excluding hydrogens is 286 g/mol. The van der Waals surface area contributed by atoms with Gasteiger partial charge in [0.05, 0.1) is 5.92 Å². The van der Waals surface area contributed by atoms with Crippen LogP contribution in [0.4, 0.5) is 0 Å². The SMILES string of the molecule is C=C1CCC[C@]2(C)C[C@H]3OC(=O)[C@H](CN4CCCCC4)[C@H]3C[C@H]12. The first-order valence-corrected chi connectivity index (χ1v) is 9.67. The first-order valence-electron chi connectivity index (χ1n) is 9.67. The van der Waals surface area contributed by atoms with Crippen molar-refractivity contribution in [2.45, 2.75) is 64.4 Å². The molecule has 2 heterocycles. The molecule has 0 aromatic heterocycles. The highest BCUT2D eigenvalue weighted by Gasteiger charge is 2.55. The van der Waals surface area contributed by atoms with E-state index < -0.39 is 0 Å². The average molecular weight is 317 g/mol. The van der Waals surface area contributed by atoms with Crippen LogP contribution in [0.2, 0.25) is 0 Å². The van der Waals surface area contributed by atoms with Crippen LogP contribution in [0.25, 0.3) is 0 Å². The number of carbonyl (C=O) groups is 1. The van der Waals surface area contributed by atoms with Crippen molar-refractivity contribution in [1.82, 2.24) is 4.90 Å². The molecule has 0 amide bonds. The van der Waals surface area contributed by atoms with Gasteiger partial charge in [-0.1, -0.05) is 25.5 Å². The van der Waals surface area contributed by atoms with Crippen LogP contribution < -0.4 is 0 Å². The first-order chi connectivity index (χ1) is 11.1. The molecule has 0 N–H and O–H groups in total. The maximum absolute atomic E-state index is 12.5. The van der Waals surface area contributed by atoms with E-state index in [0.717, 1.165) is 32.5 Å². The van der Waals surface area contributed by atoms with Crippen LogP contribution in [0.3, 0.4) is 0 Å². The second kappa shape index (κ2) is 5.91. The minimum absolute atomic E-state index is 0.0819. The van der Waals surface area contributed by atoms with E-state index in [9.17, 15) is 4.79 Å². The summed E-state index contributed by atoms with van der Waals surface area (Å²) in [5.74, 6) is 1.23. The molecule has 4 fully saturated rings. The Kier molecular flexibility index (Phi) is 4.03. The predicted molar refractivity (Wildman–Crippen MR) is 91.0 cm³/mol. The van der Waals surface area contributed by atoms with Crippen molar-refractivity contribution >= 4 is 5.97 Å². The average Bonchev–Trinajstić information content (AvgIpc) is 2.81. The minimum Gasteiger partial charge on any atom is -0.462 e. The third-order valence-electron chi connectivity index (χ3n) is 7.22. The van der Waals surface area contributed by atoms with E-state index in [1.54, 1.807) is 0 Å². The standard InChI is InChI=1S/C20H31NO2/c1-14-7-6-8-20(2)12-18-15(11-17(14)20)16(19(22)23-18)13-21-9-4-3-5-10-21/h15-18H,1,3-13H2,2H3/t15-,16-,17-,18-,20-/m1/s1. The lowest BCUT2D eigenvalue weighted by atomic mass is 9.55. The third-order valence-corrected chi connectivity index (χ3v) is 7.22. The van der Waals surface area contributed by atoms with E-state index >= 15 is 0 Å².